The first-order chi connectivity index (χ1) is 12.6. The van der Waals surface area contributed by atoms with Crippen LogP contribution < -0.4 is 0 Å². The maximum atomic E-state index is 13.9. The number of nitrogens with zero attached hydrogens (tertiary/aromatic N) is 2. The predicted molar refractivity (Wildman–Crippen MR) is 99.6 cm³/mol. The van der Waals surface area contributed by atoms with E-state index in [9.17, 15) is 9.18 Å². The number of hydrogen-bond donors (Lipinski definition) is 0. The van der Waals surface area contributed by atoms with E-state index in [-0.39, 0.29) is 17.8 Å². The molecule has 0 unspecified atom stereocenters. The van der Waals surface area contributed by atoms with Crippen LogP contribution in [0.1, 0.15) is 30.9 Å². The summed E-state index contributed by atoms with van der Waals surface area (Å²) in [6.45, 7) is 2.66. The summed E-state index contributed by atoms with van der Waals surface area (Å²) in [4.78, 5) is 19.5. The molecule has 136 valence electrons. The van der Waals surface area contributed by atoms with E-state index in [0.29, 0.717) is 42.2 Å². The van der Waals surface area contributed by atoms with E-state index in [4.69, 9.17) is 16.4 Å². The van der Waals surface area contributed by atoms with Gasteiger partial charge in [0.25, 0.3) is 0 Å². The number of benzene rings is 2. The van der Waals surface area contributed by atoms with Crippen molar-refractivity contribution in [2.24, 2.45) is 5.16 Å². The SMILES string of the molecule is CCC(=O)N(Cc1cccc(Cl)c1)C[C@H]1CC(c2ccccc2F)=NO1. The van der Waals surface area contributed by atoms with Gasteiger partial charge in [0.15, 0.2) is 6.10 Å². The van der Waals surface area contributed by atoms with Gasteiger partial charge in [0.2, 0.25) is 5.91 Å². The van der Waals surface area contributed by atoms with Crippen molar-refractivity contribution in [2.75, 3.05) is 6.54 Å². The number of halogens is 2. The lowest BCUT2D eigenvalue weighted by atomic mass is 10.0. The molecule has 0 aromatic heterocycles. The largest absolute Gasteiger partial charge is 0.390 e. The topological polar surface area (TPSA) is 41.9 Å². The monoisotopic (exact) mass is 374 g/mol. The minimum Gasteiger partial charge on any atom is -0.390 e. The highest BCUT2D eigenvalue weighted by atomic mass is 35.5. The molecule has 0 fully saturated rings. The summed E-state index contributed by atoms with van der Waals surface area (Å²) in [6, 6.07) is 13.9. The van der Waals surface area contributed by atoms with Crippen LogP contribution in [0, 0.1) is 5.82 Å². The quantitative estimate of drug-likeness (QED) is 0.751. The fraction of sp³-hybridized carbons (Fsp3) is 0.300. The highest BCUT2D eigenvalue weighted by Gasteiger charge is 2.27. The first-order valence-electron chi connectivity index (χ1n) is 8.56. The Bertz CT molecular complexity index is 825. The number of carbonyl (C=O) groups is 1. The highest BCUT2D eigenvalue weighted by Crippen LogP contribution is 2.21. The molecule has 1 aliphatic rings. The third kappa shape index (κ3) is 4.41. The van der Waals surface area contributed by atoms with Gasteiger partial charge in [0, 0.05) is 30.0 Å². The molecule has 26 heavy (non-hydrogen) atoms. The number of rotatable bonds is 6. The van der Waals surface area contributed by atoms with Crippen LogP contribution in [0.2, 0.25) is 5.02 Å². The summed E-state index contributed by atoms with van der Waals surface area (Å²) in [5.74, 6) is -0.302. The molecule has 2 aromatic carbocycles. The molecule has 2 aromatic rings. The second-order valence-corrected chi connectivity index (χ2v) is 6.64. The van der Waals surface area contributed by atoms with E-state index >= 15 is 0 Å². The van der Waals surface area contributed by atoms with Crippen LogP contribution in [0.3, 0.4) is 0 Å². The van der Waals surface area contributed by atoms with Crippen molar-refractivity contribution in [1.82, 2.24) is 4.90 Å². The van der Waals surface area contributed by atoms with Crippen LogP contribution in [0.25, 0.3) is 0 Å². The average Bonchev–Trinajstić information content (AvgIpc) is 3.09. The first-order valence-corrected chi connectivity index (χ1v) is 8.94. The van der Waals surface area contributed by atoms with Crippen molar-refractivity contribution in [3.63, 3.8) is 0 Å². The molecule has 1 amide bonds. The Morgan fingerprint density at radius 1 is 1.31 bits per heavy atom. The number of hydrogen-bond acceptors (Lipinski definition) is 3. The smallest absolute Gasteiger partial charge is 0.222 e. The number of amides is 1. The van der Waals surface area contributed by atoms with Crippen LogP contribution in [-0.2, 0) is 16.2 Å². The van der Waals surface area contributed by atoms with Gasteiger partial charge < -0.3 is 9.74 Å². The van der Waals surface area contributed by atoms with Gasteiger partial charge in [0.1, 0.15) is 5.82 Å². The normalized spacial score (nSPS) is 16.1. The molecule has 3 rings (SSSR count). The Balaban J connectivity index is 1.67. The molecule has 1 aliphatic heterocycles. The second kappa shape index (κ2) is 8.32. The van der Waals surface area contributed by atoms with E-state index in [0.717, 1.165) is 5.56 Å². The third-order valence-electron chi connectivity index (χ3n) is 4.26. The molecule has 1 heterocycles. The van der Waals surface area contributed by atoms with E-state index in [1.807, 2.05) is 25.1 Å². The lowest BCUT2D eigenvalue weighted by molar-refractivity contribution is -0.133. The Morgan fingerprint density at radius 3 is 2.85 bits per heavy atom. The van der Waals surface area contributed by atoms with Crippen LogP contribution in [-0.4, -0.2) is 29.2 Å². The summed E-state index contributed by atoms with van der Waals surface area (Å²) < 4.78 is 13.9. The van der Waals surface area contributed by atoms with Crippen molar-refractivity contribution < 1.29 is 14.0 Å². The molecule has 4 nitrogen and oxygen atoms in total. The van der Waals surface area contributed by atoms with Crippen LogP contribution in [0.15, 0.2) is 53.7 Å². The lowest BCUT2D eigenvalue weighted by Gasteiger charge is -2.24. The minimum atomic E-state index is -0.323. The molecular formula is C20H20ClFN2O2. The van der Waals surface area contributed by atoms with Gasteiger partial charge in [0.05, 0.1) is 12.3 Å². The van der Waals surface area contributed by atoms with E-state index < -0.39 is 0 Å². The maximum absolute atomic E-state index is 13.9. The van der Waals surface area contributed by atoms with Crippen molar-refractivity contribution in [1.29, 1.82) is 0 Å². The Labute approximate surface area is 157 Å². The van der Waals surface area contributed by atoms with Gasteiger partial charge >= 0.3 is 0 Å². The van der Waals surface area contributed by atoms with Crippen molar-refractivity contribution >= 4 is 23.2 Å². The van der Waals surface area contributed by atoms with E-state index in [2.05, 4.69) is 5.16 Å². The summed E-state index contributed by atoms with van der Waals surface area (Å²) in [7, 11) is 0. The zero-order valence-electron chi connectivity index (χ0n) is 14.5. The van der Waals surface area contributed by atoms with Gasteiger partial charge in [-0.15, -0.1) is 0 Å². The van der Waals surface area contributed by atoms with Gasteiger partial charge in [-0.25, -0.2) is 4.39 Å². The minimum absolute atomic E-state index is 0.0212. The zero-order chi connectivity index (χ0) is 18.5. The van der Waals surface area contributed by atoms with Gasteiger partial charge in [-0.1, -0.05) is 54.0 Å². The zero-order valence-corrected chi connectivity index (χ0v) is 15.2. The molecule has 0 radical (unpaired) electrons. The van der Waals surface area contributed by atoms with E-state index in [1.165, 1.54) is 6.07 Å². The van der Waals surface area contributed by atoms with Crippen LogP contribution in [0.4, 0.5) is 4.39 Å². The molecule has 0 spiro atoms. The van der Waals surface area contributed by atoms with Crippen molar-refractivity contribution in [2.45, 2.75) is 32.4 Å². The fourth-order valence-electron chi connectivity index (χ4n) is 2.96. The van der Waals surface area contributed by atoms with Gasteiger partial charge in [-0.3, -0.25) is 4.79 Å². The van der Waals surface area contributed by atoms with Gasteiger partial charge in [-0.2, -0.15) is 0 Å². The molecule has 0 N–H and O–H groups in total. The molecule has 0 bridgehead atoms. The Kier molecular flexibility index (Phi) is 5.89. The van der Waals surface area contributed by atoms with E-state index in [1.54, 1.807) is 29.2 Å². The maximum Gasteiger partial charge on any atom is 0.222 e. The molecule has 0 saturated carbocycles. The lowest BCUT2D eigenvalue weighted by Crippen LogP contribution is -2.36. The second-order valence-electron chi connectivity index (χ2n) is 6.21. The average molecular weight is 375 g/mol. The summed E-state index contributed by atoms with van der Waals surface area (Å²) in [5, 5.41) is 4.66. The van der Waals surface area contributed by atoms with Crippen LogP contribution in [0.5, 0.6) is 0 Å². The molecule has 0 aliphatic carbocycles. The third-order valence-corrected chi connectivity index (χ3v) is 4.49. The molecular weight excluding hydrogens is 355 g/mol. The summed E-state index contributed by atoms with van der Waals surface area (Å²) in [5.41, 5.74) is 1.96. The summed E-state index contributed by atoms with van der Waals surface area (Å²) in [6.07, 6.45) is 0.567. The summed E-state index contributed by atoms with van der Waals surface area (Å²) >= 11 is 6.03. The predicted octanol–water partition coefficient (Wildman–Crippen LogP) is 4.41. The van der Waals surface area contributed by atoms with Crippen molar-refractivity contribution in [3.05, 3.63) is 70.5 Å². The molecule has 6 heteroatoms. The van der Waals surface area contributed by atoms with Crippen LogP contribution >= 0.6 is 11.6 Å². The molecule has 0 saturated heterocycles. The fourth-order valence-corrected chi connectivity index (χ4v) is 3.17. The van der Waals surface area contributed by atoms with Gasteiger partial charge in [-0.05, 0) is 23.8 Å². The van der Waals surface area contributed by atoms with Crippen molar-refractivity contribution in [3.8, 4) is 0 Å². The standard InChI is InChI=1S/C20H20ClFN2O2/c1-2-20(25)24(12-14-6-5-7-15(21)10-14)13-16-11-19(23-26-16)17-8-3-4-9-18(17)22/h3-10,16H,2,11-13H2,1H3/t16-/m1/s1. The number of oxime groups is 1. The number of carbonyl (C=O) groups excluding carboxylic acids is 1. The highest BCUT2D eigenvalue weighted by molar-refractivity contribution is 6.30. The Hall–Kier alpha value is -2.40. The molecule has 1 atom stereocenters. The Morgan fingerprint density at radius 2 is 2.12 bits per heavy atom. The first kappa shape index (κ1) is 18.4.